The van der Waals surface area contributed by atoms with Crippen molar-refractivity contribution < 1.29 is 14.6 Å². The van der Waals surface area contributed by atoms with Crippen LogP contribution in [-0.4, -0.2) is 61.4 Å². The molecule has 0 radical (unpaired) electrons. The summed E-state index contributed by atoms with van der Waals surface area (Å²) in [6.45, 7) is 8.61. The van der Waals surface area contributed by atoms with E-state index in [1.807, 2.05) is 0 Å². The summed E-state index contributed by atoms with van der Waals surface area (Å²) in [6.07, 6.45) is 3.73. The molecular weight excluding hydrogens is 256 g/mol. The van der Waals surface area contributed by atoms with Gasteiger partial charge in [-0.1, -0.05) is 6.92 Å². The molecule has 2 atom stereocenters. The van der Waals surface area contributed by atoms with E-state index < -0.39 is 11.5 Å². The Hall–Kier alpha value is -0.650. The molecule has 1 aliphatic rings. The Morgan fingerprint density at radius 1 is 1.55 bits per heavy atom. The van der Waals surface area contributed by atoms with Gasteiger partial charge in [0.2, 0.25) is 0 Å². The van der Waals surface area contributed by atoms with Crippen molar-refractivity contribution in [3.05, 3.63) is 0 Å². The Morgan fingerprint density at radius 2 is 2.30 bits per heavy atom. The number of hydrogen-bond donors (Lipinski definition) is 2. The summed E-state index contributed by atoms with van der Waals surface area (Å²) in [4.78, 5) is 13.8. The van der Waals surface area contributed by atoms with Gasteiger partial charge in [0.05, 0.1) is 6.61 Å². The van der Waals surface area contributed by atoms with E-state index in [-0.39, 0.29) is 0 Å². The zero-order chi connectivity index (χ0) is 15.0. The van der Waals surface area contributed by atoms with Crippen LogP contribution < -0.4 is 5.32 Å². The second-order valence-corrected chi connectivity index (χ2v) is 6.08. The Labute approximate surface area is 122 Å². The van der Waals surface area contributed by atoms with Crippen molar-refractivity contribution in [2.75, 3.05) is 39.9 Å². The lowest BCUT2D eigenvalue weighted by atomic mass is 9.95. The highest BCUT2D eigenvalue weighted by molar-refractivity contribution is 5.78. The minimum Gasteiger partial charge on any atom is -0.480 e. The summed E-state index contributed by atoms with van der Waals surface area (Å²) in [5.74, 6) is -0.103. The van der Waals surface area contributed by atoms with E-state index in [9.17, 15) is 9.90 Å². The zero-order valence-electron chi connectivity index (χ0n) is 13.2. The molecule has 0 aromatic carbocycles. The van der Waals surface area contributed by atoms with Crippen molar-refractivity contribution in [3.63, 3.8) is 0 Å². The second kappa shape index (κ2) is 8.60. The van der Waals surface area contributed by atoms with Gasteiger partial charge in [-0.05, 0) is 58.2 Å². The molecule has 118 valence electrons. The normalized spacial score (nSPS) is 22.9. The molecule has 1 heterocycles. The average molecular weight is 286 g/mol. The Morgan fingerprint density at radius 3 is 2.90 bits per heavy atom. The second-order valence-electron chi connectivity index (χ2n) is 6.08. The predicted molar refractivity (Wildman–Crippen MR) is 80.0 cm³/mol. The van der Waals surface area contributed by atoms with Crippen LogP contribution >= 0.6 is 0 Å². The fraction of sp³-hybridized carbons (Fsp3) is 0.933. The quantitative estimate of drug-likeness (QED) is 0.638. The fourth-order valence-electron chi connectivity index (χ4n) is 2.82. The number of carboxylic acid groups (broad SMARTS) is 1. The first kappa shape index (κ1) is 17.4. The van der Waals surface area contributed by atoms with E-state index >= 15 is 0 Å². The molecule has 0 aromatic rings. The predicted octanol–water partition coefficient (Wildman–Crippen LogP) is 1.58. The molecule has 1 fully saturated rings. The van der Waals surface area contributed by atoms with Gasteiger partial charge < -0.3 is 20.1 Å². The van der Waals surface area contributed by atoms with Crippen LogP contribution in [0.5, 0.6) is 0 Å². The van der Waals surface area contributed by atoms with E-state index in [0.29, 0.717) is 12.3 Å². The molecule has 0 amide bonds. The molecule has 0 aliphatic carbocycles. The molecular formula is C15H30N2O3. The van der Waals surface area contributed by atoms with Gasteiger partial charge >= 0.3 is 5.97 Å². The Kier molecular flexibility index (Phi) is 7.48. The SMILES string of the molecule is CCCNC(C)(CCCN1CCC(COC)C1)C(=O)O. The van der Waals surface area contributed by atoms with Crippen molar-refractivity contribution in [3.8, 4) is 0 Å². The van der Waals surface area contributed by atoms with Crippen LogP contribution in [0.4, 0.5) is 0 Å². The van der Waals surface area contributed by atoms with Gasteiger partial charge in [0.25, 0.3) is 0 Å². The van der Waals surface area contributed by atoms with Crippen LogP contribution in [0.15, 0.2) is 0 Å². The standard InChI is InChI=1S/C15H30N2O3/c1-4-8-16-15(2,14(18)19)7-5-9-17-10-6-13(11-17)12-20-3/h13,16H,4-12H2,1-3H3,(H,18,19). The van der Waals surface area contributed by atoms with Gasteiger partial charge in [-0.3, -0.25) is 4.79 Å². The van der Waals surface area contributed by atoms with Crippen LogP contribution in [0, 0.1) is 5.92 Å². The number of nitrogens with zero attached hydrogens (tertiary/aromatic N) is 1. The number of hydrogen-bond acceptors (Lipinski definition) is 4. The molecule has 20 heavy (non-hydrogen) atoms. The number of ether oxygens (including phenoxy) is 1. The van der Waals surface area contributed by atoms with Gasteiger partial charge in [0.1, 0.15) is 5.54 Å². The van der Waals surface area contributed by atoms with Crippen LogP contribution in [0.2, 0.25) is 0 Å². The summed E-state index contributed by atoms with van der Waals surface area (Å²) in [5.41, 5.74) is -0.790. The van der Waals surface area contributed by atoms with E-state index in [1.54, 1.807) is 14.0 Å². The number of carboxylic acids is 1. The number of aliphatic carboxylic acids is 1. The maximum Gasteiger partial charge on any atom is 0.323 e. The topological polar surface area (TPSA) is 61.8 Å². The maximum absolute atomic E-state index is 11.4. The van der Waals surface area contributed by atoms with Gasteiger partial charge in [0.15, 0.2) is 0 Å². The Bertz CT molecular complexity index is 299. The summed E-state index contributed by atoms with van der Waals surface area (Å²) in [6, 6.07) is 0. The average Bonchev–Trinajstić information content (AvgIpc) is 2.84. The molecule has 5 nitrogen and oxygen atoms in total. The van der Waals surface area contributed by atoms with E-state index in [2.05, 4.69) is 17.1 Å². The molecule has 0 spiro atoms. The van der Waals surface area contributed by atoms with E-state index in [1.165, 1.54) is 6.42 Å². The number of methoxy groups -OCH3 is 1. The summed E-state index contributed by atoms with van der Waals surface area (Å²) in [7, 11) is 1.75. The number of carbonyl (C=O) groups is 1. The first-order valence-corrected chi connectivity index (χ1v) is 7.71. The third-order valence-electron chi connectivity index (χ3n) is 4.16. The minimum atomic E-state index is -0.790. The smallest absolute Gasteiger partial charge is 0.323 e. The lowest BCUT2D eigenvalue weighted by Gasteiger charge is -2.27. The maximum atomic E-state index is 11.4. The first-order chi connectivity index (χ1) is 9.51. The number of rotatable bonds is 10. The van der Waals surface area contributed by atoms with Crippen molar-refractivity contribution >= 4 is 5.97 Å². The fourth-order valence-corrected chi connectivity index (χ4v) is 2.82. The monoisotopic (exact) mass is 286 g/mol. The summed E-state index contributed by atoms with van der Waals surface area (Å²) in [5, 5.41) is 12.5. The molecule has 1 rings (SSSR count). The summed E-state index contributed by atoms with van der Waals surface area (Å²) >= 11 is 0. The van der Waals surface area contributed by atoms with Crippen LogP contribution in [0.3, 0.4) is 0 Å². The van der Waals surface area contributed by atoms with Crippen LogP contribution in [-0.2, 0) is 9.53 Å². The number of nitrogens with one attached hydrogen (secondary N) is 1. The molecule has 2 unspecified atom stereocenters. The van der Waals surface area contributed by atoms with Crippen molar-refractivity contribution in [1.82, 2.24) is 10.2 Å². The zero-order valence-corrected chi connectivity index (χ0v) is 13.2. The lowest BCUT2D eigenvalue weighted by Crippen LogP contribution is -2.50. The minimum absolute atomic E-state index is 0.643. The molecule has 0 bridgehead atoms. The van der Waals surface area contributed by atoms with Gasteiger partial charge in [0, 0.05) is 13.7 Å². The molecule has 1 aliphatic heterocycles. The summed E-state index contributed by atoms with van der Waals surface area (Å²) < 4.78 is 5.19. The molecule has 0 saturated carbocycles. The highest BCUT2D eigenvalue weighted by Gasteiger charge is 2.32. The third-order valence-corrected chi connectivity index (χ3v) is 4.16. The first-order valence-electron chi connectivity index (χ1n) is 7.71. The molecule has 1 saturated heterocycles. The largest absolute Gasteiger partial charge is 0.480 e. The van der Waals surface area contributed by atoms with Gasteiger partial charge in [-0.25, -0.2) is 0 Å². The third kappa shape index (κ3) is 5.38. The highest BCUT2D eigenvalue weighted by Crippen LogP contribution is 2.19. The highest BCUT2D eigenvalue weighted by atomic mass is 16.5. The van der Waals surface area contributed by atoms with E-state index in [4.69, 9.17) is 4.74 Å². The molecule has 2 N–H and O–H groups in total. The van der Waals surface area contributed by atoms with Crippen LogP contribution in [0.25, 0.3) is 0 Å². The molecule has 5 heteroatoms. The Balaban J connectivity index is 2.29. The lowest BCUT2D eigenvalue weighted by molar-refractivity contribution is -0.144. The van der Waals surface area contributed by atoms with Crippen molar-refractivity contribution in [2.45, 2.75) is 45.1 Å². The number of likely N-dealkylation sites (tertiary alicyclic amines) is 1. The van der Waals surface area contributed by atoms with Crippen molar-refractivity contribution in [2.24, 2.45) is 5.92 Å². The van der Waals surface area contributed by atoms with E-state index in [0.717, 1.165) is 45.6 Å². The van der Waals surface area contributed by atoms with Gasteiger partial charge in [-0.2, -0.15) is 0 Å². The van der Waals surface area contributed by atoms with Gasteiger partial charge in [-0.15, -0.1) is 0 Å². The van der Waals surface area contributed by atoms with Crippen LogP contribution in [0.1, 0.15) is 39.5 Å². The van der Waals surface area contributed by atoms with Crippen molar-refractivity contribution in [1.29, 1.82) is 0 Å². The molecule has 0 aromatic heterocycles.